The van der Waals surface area contributed by atoms with Crippen LogP contribution in [0.2, 0.25) is 0 Å². The number of nitrogens with two attached hydrogens (primary N) is 1. The predicted molar refractivity (Wildman–Crippen MR) is 49.7 cm³/mol. The lowest BCUT2D eigenvalue weighted by Gasteiger charge is -2.08. The van der Waals surface area contributed by atoms with Crippen LogP contribution in [0.4, 0.5) is 0 Å². The summed E-state index contributed by atoms with van der Waals surface area (Å²) in [7, 11) is 0. The minimum absolute atomic E-state index is 0.161. The minimum Gasteiger partial charge on any atom is -0.381 e. The Morgan fingerprint density at radius 1 is 1.46 bits per heavy atom. The highest BCUT2D eigenvalue weighted by atomic mass is 16.5. The SMILES string of the molecule is NNC(=O)CCOCC1CCCC1. The normalized spacial score (nSPS) is 17.6. The van der Waals surface area contributed by atoms with Gasteiger partial charge in [-0.05, 0) is 18.8 Å². The Hall–Kier alpha value is -0.610. The van der Waals surface area contributed by atoms with Gasteiger partial charge in [-0.25, -0.2) is 5.84 Å². The molecule has 0 spiro atoms. The van der Waals surface area contributed by atoms with Gasteiger partial charge in [-0.3, -0.25) is 10.2 Å². The fourth-order valence-electron chi connectivity index (χ4n) is 1.66. The molecule has 0 aromatic carbocycles. The number of ether oxygens (including phenoxy) is 1. The Bertz CT molecular complexity index is 156. The second-order valence-electron chi connectivity index (χ2n) is 3.54. The van der Waals surface area contributed by atoms with E-state index in [1.165, 1.54) is 25.7 Å². The molecule has 1 aliphatic carbocycles. The number of rotatable bonds is 5. The molecule has 1 rings (SSSR count). The van der Waals surface area contributed by atoms with Crippen molar-refractivity contribution in [3.8, 4) is 0 Å². The van der Waals surface area contributed by atoms with Crippen LogP contribution in [0.3, 0.4) is 0 Å². The van der Waals surface area contributed by atoms with E-state index in [1.54, 1.807) is 0 Å². The topological polar surface area (TPSA) is 64.3 Å². The number of amides is 1. The Morgan fingerprint density at radius 3 is 2.77 bits per heavy atom. The molecule has 4 heteroatoms. The number of hydrogen-bond donors (Lipinski definition) is 2. The van der Waals surface area contributed by atoms with Crippen molar-refractivity contribution in [1.29, 1.82) is 0 Å². The summed E-state index contributed by atoms with van der Waals surface area (Å²) in [6, 6.07) is 0. The van der Waals surface area contributed by atoms with Gasteiger partial charge in [0, 0.05) is 6.61 Å². The molecule has 1 aliphatic rings. The molecule has 4 nitrogen and oxygen atoms in total. The van der Waals surface area contributed by atoms with Gasteiger partial charge in [0.25, 0.3) is 0 Å². The van der Waals surface area contributed by atoms with E-state index in [0.29, 0.717) is 13.0 Å². The molecule has 0 aliphatic heterocycles. The van der Waals surface area contributed by atoms with Gasteiger partial charge in [0.15, 0.2) is 0 Å². The van der Waals surface area contributed by atoms with Crippen LogP contribution in [0.1, 0.15) is 32.1 Å². The third kappa shape index (κ3) is 4.24. The molecule has 1 fully saturated rings. The van der Waals surface area contributed by atoms with Crippen molar-refractivity contribution in [2.24, 2.45) is 11.8 Å². The molecule has 0 aromatic heterocycles. The van der Waals surface area contributed by atoms with Crippen molar-refractivity contribution in [2.75, 3.05) is 13.2 Å². The van der Waals surface area contributed by atoms with Crippen LogP contribution in [0, 0.1) is 5.92 Å². The van der Waals surface area contributed by atoms with Gasteiger partial charge in [0.1, 0.15) is 0 Å². The average molecular weight is 186 g/mol. The maximum absolute atomic E-state index is 10.7. The molecule has 3 N–H and O–H groups in total. The van der Waals surface area contributed by atoms with Crippen LogP contribution in [-0.4, -0.2) is 19.1 Å². The average Bonchev–Trinajstić information content (AvgIpc) is 2.64. The van der Waals surface area contributed by atoms with Crippen LogP contribution in [0.15, 0.2) is 0 Å². The number of carbonyl (C=O) groups is 1. The van der Waals surface area contributed by atoms with Crippen molar-refractivity contribution >= 4 is 5.91 Å². The van der Waals surface area contributed by atoms with E-state index < -0.39 is 0 Å². The lowest BCUT2D eigenvalue weighted by molar-refractivity contribution is -0.122. The second-order valence-corrected chi connectivity index (χ2v) is 3.54. The van der Waals surface area contributed by atoms with Gasteiger partial charge >= 0.3 is 0 Å². The van der Waals surface area contributed by atoms with E-state index in [0.717, 1.165) is 12.5 Å². The van der Waals surface area contributed by atoms with Gasteiger partial charge in [-0.15, -0.1) is 0 Å². The third-order valence-corrected chi connectivity index (χ3v) is 2.46. The number of hydrogen-bond acceptors (Lipinski definition) is 3. The molecule has 0 bridgehead atoms. The van der Waals surface area contributed by atoms with Gasteiger partial charge in [0.05, 0.1) is 13.0 Å². The summed E-state index contributed by atoms with van der Waals surface area (Å²) in [5, 5.41) is 0. The molecular weight excluding hydrogens is 168 g/mol. The first-order valence-corrected chi connectivity index (χ1v) is 4.90. The quantitative estimate of drug-likeness (QED) is 0.285. The standard InChI is InChI=1S/C9H18N2O2/c10-11-9(12)5-6-13-7-8-3-1-2-4-8/h8H,1-7,10H2,(H,11,12). The Kier molecular flexibility index (Phi) is 4.78. The van der Waals surface area contributed by atoms with E-state index in [-0.39, 0.29) is 5.91 Å². The van der Waals surface area contributed by atoms with Crippen molar-refractivity contribution in [3.63, 3.8) is 0 Å². The van der Waals surface area contributed by atoms with Crippen LogP contribution >= 0.6 is 0 Å². The number of nitrogens with one attached hydrogen (secondary N) is 1. The fourth-order valence-corrected chi connectivity index (χ4v) is 1.66. The van der Waals surface area contributed by atoms with Gasteiger partial charge < -0.3 is 4.74 Å². The van der Waals surface area contributed by atoms with Crippen LogP contribution in [0.25, 0.3) is 0 Å². The molecule has 0 aromatic rings. The zero-order valence-electron chi connectivity index (χ0n) is 7.92. The molecule has 0 heterocycles. The van der Waals surface area contributed by atoms with E-state index in [2.05, 4.69) is 5.43 Å². The molecule has 1 amide bonds. The van der Waals surface area contributed by atoms with E-state index in [1.807, 2.05) is 0 Å². The summed E-state index contributed by atoms with van der Waals surface area (Å²) in [5.41, 5.74) is 2.07. The molecule has 13 heavy (non-hydrogen) atoms. The summed E-state index contributed by atoms with van der Waals surface area (Å²) in [4.78, 5) is 10.7. The molecule has 1 saturated carbocycles. The van der Waals surface area contributed by atoms with E-state index >= 15 is 0 Å². The monoisotopic (exact) mass is 186 g/mol. The predicted octanol–water partition coefficient (Wildman–Crippen LogP) is 0.573. The first kappa shape index (κ1) is 10.5. The van der Waals surface area contributed by atoms with Gasteiger partial charge in [0.2, 0.25) is 5.91 Å². The minimum atomic E-state index is -0.161. The molecule has 76 valence electrons. The molecular formula is C9H18N2O2. The van der Waals surface area contributed by atoms with Crippen molar-refractivity contribution < 1.29 is 9.53 Å². The van der Waals surface area contributed by atoms with Crippen molar-refractivity contribution in [2.45, 2.75) is 32.1 Å². The van der Waals surface area contributed by atoms with Crippen molar-refractivity contribution in [1.82, 2.24) is 5.43 Å². The highest BCUT2D eigenvalue weighted by Crippen LogP contribution is 2.24. The number of hydrazine groups is 1. The van der Waals surface area contributed by atoms with Gasteiger partial charge in [-0.2, -0.15) is 0 Å². The lowest BCUT2D eigenvalue weighted by atomic mass is 10.1. The fraction of sp³-hybridized carbons (Fsp3) is 0.889. The summed E-state index contributed by atoms with van der Waals surface area (Å²) in [6.45, 7) is 1.29. The lowest BCUT2D eigenvalue weighted by Crippen LogP contribution is -2.30. The Morgan fingerprint density at radius 2 is 2.15 bits per heavy atom. The zero-order valence-corrected chi connectivity index (χ0v) is 7.92. The van der Waals surface area contributed by atoms with Crippen LogP contribution < -0.4 is 11.3 Å². The second kappa shape index (κ2) is 5.94. The molecule has 0 saturated heterocycles. The molecule has 0 atom stereocenters. The van der Waals surface area contributed by atoms with Gasteiger partial charge in [-0.1, -0.05) is 12.8 Å². The van der Waals surface area contributed by atoms with Crippen LogP contribution in [0.5, 0.6) is 0 Å². The third-order valence-electron chi connectivity index (χ3n) is 2.46. The van der Waals surface area contributed by atoms with E-state index in [4.69, 9.17) is 10.6 Å². The summed E-state index contributed by atoms with van der Waals surface area (Å²) in [5.74, 6) is 5.48. The maximum Gasteiger partial charge on any atom is 0.236 e. The first-order valence-electron chi connectivity index (χ1n) is 4.90. The number of carbonyl (C=O) groups excluding carboxylic acids is 1. The summed E-state index contributed by atoms with van der Waals surface area (Å²) in [6.07, 6.45) is 5.59. The molecule has 0 radical (unpaired) electrons. The highest BCUT2D eigenvalue weighted by molar-refractivity contribution is 5.75. The summed E-state index contributed by atoms with van der Waals surface area (Å²) < 4.78 is 5.37. The van der Waals surface area contributed by atoms with Crippen molar-refractivity contribution in [3.05, 3.63) is 0 Å². The highest BCUT2D eigenvalue weighted by Gasteiger charge is 2.14. The molecule has 0 unspecified atom stereocenters. The largest absolute Gasteiger partial charge is 0.381 e. The Balaban J connectivity index is 1.91. The first-order chi connectivity index (χ1) is 6.33. The zero-order chi connectivity index (χ0) is 9.52. The smallest absolute Gasteiger partial charge is 0.236 e. The Labute approximate surface area is 78.8 Å². The summed E-state index contributed by atoms with van der Waals surface area (Å²) >= 11 is 0. The van der Waals surface area contributed by atoms with Crippen LogP contribution in [-0.2, 0) is 9.53 Å². The van der Waals surface area contributed by atoms with E-state index in [9.17, 15) is 4.79 Å². The maximum atomic E-state index is 10.7.